The van der Waals surface area contributed by atoms with Crippen molar-refractivity contribution >= 4 is 23.2 Å². The molecule has 4 heteroatoms. The van der Waals surface area contributed by atoms with Crippen molar-refractivity contribution in [2.45, 2.75) is 77.9 Å². The quantitative estimate of drug-likeness (QED) is 0.419. The molecule has 1 aliphatic heterocycles. The summed E-state index contributed by atoms with van der Waals surface area (Å²) in [4.78, 5) is 0. The van der Waals surface area contributed by atoms with Gasteiger partial charge in [0.1, 0.15) is 5.75 Å². The second-order valence-electron chi connectivity index (χ2n) is 8.26. The Morgan fingerprint density at radius 3 is 2.45 bits per heavy atom. The molecule has 2 aromatic carbocycles. The maximum Gasteiger partial charge on any atom is 0.199 e. The number of ether oxygens (including phenoxy) is 2. The molecule has 0 aliphatic carbocycles. The Kier molecular flexibility index (Phi) is 8.29. The Balaban J connectivity index is 1.79. The van der Waals surface area contributed by atoms with Crippen molar-refractivity contribution < 1.29 is 9.47 Å². The van der Waals surface area contributed by atoms with Crippen molar-refractivity contribution in [2.24, 2.45) is 0 Å². The molecule has 1 saturated heterocycles. The lowest BCUT2D eigenvalue weighted by atomic mass is 9.95. The van der Waals surface area contributed by atoms with Crippen LogP contribution in [0.3, 0.4) is 0 Å². The molecule has 1 fully saturated rings. The van der Waals surface area contributed by atoms with Crippen LogP contribution in [0.5, 0.6) is 5.75 Å². The first-order chi connectivity index (χ1) is 14.0. The third-order valence-corrected chi connectivity index (χ3v) is 6.17. The Labute approximate surface area is 185 Å². The van der Waals surface area contributed by atoms with E-state index in [4.69, 9.17) is 32.7 Å². The van der Waals surface area contributed by atoms with Crippen molar-refractivity contribution in [3.05, 3.63) is 62.6 Å². The lowest BCUT2D eigenvalue weighted by molar-refractivity contribution is -0.106. The van der Waals surface area contributed by atoms with Gasteiger partial charge in [-0.25, -0.2) is 0 Å². The molecule has 1 unspecified atom stereocenters. The minimum atomic E-state index is -0.133. The molecule has 0 bridgehead atoms. The van der Waals surface area contributed by atoms with E-state index in [2.05, 4.69) is 51.1 Å². The highest BCUT2D eigenvalue weighted by atomic mass is 35.5. The first-order valence-electron chi connectivity index (χ1n) is 10.9. The molecule has 2 nitrogen and oxygen atoms in total. The summed E-state index contributed by atoms with van der Waals surface area (Å²) in [6.07, 6.45) is 7.14. The average molecular weight is 435 g/mol. The molecule has 3 rings (SSSR count). The van der Waals surface area contributed by atoms with E-state index < -0.39 is 0 Å². The van der Waals surface area contributed by atoms with Crippen LogP contribution in [-0.4, -0.2) is 12.9 Å². The highest BCUT2D eigenvalue weighted by Gasteiger charge is 2.19. The van der Waals surface area contributed by atoms with Crippen LogP contribution in [0.15, 0.2) is 30.3 Å². The average Bonchev–Trinajstić information content (AvgIpc) is 2.70. The molecule has 0 aromatic heterocycles. The maximum absolute atomic E-state index is 6.60. The number of benzene rings is 2. The van der Waals surface area contributed by atoms with E-state index in [0.717, 1.165) is 66.5 Å². The second kappa shape index (κ2) is 10.7. The van der Waals surface area contributed by atoms with Crippen LogP contribution in [0.2, 0.25) is 10.0 Å². The third kappa shape index (κ3) is 6.13. The summed E-state index contributed by atoms with van der Waals surface area (Å²) in [7, 11) is 0. The third-order valence-electron chi connectivity index (χ3n) is 5.49. The van der Waals surface area contributed by atoms with Crippen LogP contribution in [0.1, 0.15) is 81.0 Å². The highest BCUT2D eigenvalue weighted by molar-refractivity contribution is 6.36. The standard InChI is InChI=1S/C25H32Cl2O2/c1-4-5-8-18-15-22(26)21(23(27)16-18)14-19-10-11-24(20(13-19)17(2)3)29-25-9-6-7-12-28-25/h10-11,13,15-17,25H,4-9,12,14H2,1-3H3. The van der Waals surface area contributed by atoms with Crippen LogP contribution >= 0.6 is 23.2 Å². The van der Waals surface area contributed by atoms with E-state index in [1.807, 2.05) is 0 Å². The van der Waals surface area contributed by atoms with Gasteiger partial charge in [0.2, 0.25) is 0 Å². The largest absolute Gasteiger partial charge is 0.465 e. The normalized spacial score (nSPS) is 17.0. The molecular formula is C25H32Cl2O2. The lowest BCUT2D eigenvalue weighted by Crippen LogP contribution is -2.25. The van der Waals surface area contributed by atoms with E-state index >= 15 is 0 Å². The van der Waals surface area contributed by atoms with Gasteiger partial charge in [0.25, 0.3) is 0 Å². The van der Waals surface area contributed by atoms with E-state index in [1.165, 1.54) is 16.7 Å². The van der Waals surface area contributed by atoms with Gasteiger partial charge >= 0.3 is 0 Å². The molecular weight excluding hydrogens is 403 g/mol. The van der Waals surface area contributed by atoms with Crippen LogP contribution in [0.25, 0.3) is 0 Å². The Bertz CT molecular complexity index is 787. The molecule has 158 valence electrons. The van der Waals surface area contributed by atoms with Crippen LogP contribution in [0.4, 0.5) is 0 Å². The molecule has 1 heterocycles. The van der Waals surface area contributed by atoms with E-state index in [0.29, 0.717) is 12.3 Å². The highest BCUT2D eigenvalue weighted by Crippen LogP contribution is 2.33. The molecule has 1 aliphatic rings. The topological polar surface area (TPSA) is 18.5 Å². The Morgan fingerprint density at radius 2 is 1.83 bits per heavy atom. The fourth-order valence-electron chi connectivity index (χ4n) is 3.77. The SMILES string of the molecule is CCCCc1cc(Cl)c(Cc2ccc(OC3CCCCO3)c(C(C)C)c2)c(Cl)c1. The second-order valence-corrected chi connectivity index (χ2v) is 9.07. The van der Waals surface area contributed by atoms with E-state index in [9.17, 15) is 0 Å². The number of hydrogen-bond donors (Lipinski definition) is 0. The molecule has 0 spiro atoms. The van der Waals surface area contributed by atoms with Gasteiger partial charge in [0.05, 0.1) is 6.61 Å². The Hall–Kier alpha value is -1.22. The van der Waals surface area contributed by atoms with Gasteiger partial charge in [0, 0.05) is 22.9 Å². The minimum Gasteiger partial charge on any atom is -0.465 e. The summed E-state index contributed by atoms with van der Waals surface area (Å²) >= 11 is 13.2. The summed E-state index contributed by atoms with van der Waals surface area (Å²) in [5.74, 6) is 1.28. The lowest BCUT2D eigenvalue weighted by Gasteiger charge is -2.25. The monoisotopic (exact) mass is 434 g/mol. The zero-order chi connectivity index (χ0) is 20.8. The van der Waals surface area contributed by atoms with Gasteiger partial charge in [-0.3, -0.25) is 0 Å². The minimum absolute atomic E-state index is 0.133. The van der Waals surface area contributed by atoms with Crippen LogP contribution in [0, 0.1) is 0 Å². The van der Waals surface area contributed by atoms with Gasteiger partial charge in [0.15, 0.2) is 6.29 Å². The maximum atomic E-state index is 6.60. The molecule has 0 N–H and O–H groups in total. The summed E-state index contributed by atoms with van der Waals surface area (Å²) in [5.41, 5.74) is 4.59. The predicted molar refractivity (Wildman–Crippen MR) is 123 cm³/mol. The van der Waals surface area contributed by atoms with Crippen molar-refractivity contribution in [1.82, 2.24) is 0 Å². The molecule has 0 saturated carbocycles. The van der Waals surface area contributed by atoms with Crippen molar-refractivity contribution in [2.75, 3.05) is 6.61 Å². The molecule has 0 amide bonds. The van der Waals surface area contributed by atoms with E-state index in [1.54, 1.807) is 0 Å². The van der Waals surface area contributed by atoms with Gasteiger partial charge in [-0.05, 0) is 72.1 Å². The summed E-state index contributed by atoms with van der Waals surface area (Å²) in [6.45, 7) is 7.36. The van der Waals surface area contributed by atoms with E-state index in [-0.39, 0.29) is 6.29 Å². The molecule has 0 radical (unpaired) electrons. The van der Waals surface area contributed by atoms with Crippen molar-refractivity contribution in [1.29, 1.82) is 0 Å². The number of rotatable bonds is 8. The fraction of sp³-hybridized carbons (Fsp3) is 0.520. The summed E-state index contributed by atoms with van der Waals surface area (Å²) in [6, 6.07) is 10.5. The number of hydrogen-bond acceptors (Lipinski definition) is 2. The van der Waals surface area contributed by atoms with Crippen molar-refractivity contribution in [3.8, 4) is 5.75 Å². The van der Waals surface area contributed by atoms with Crippen molar-refractivity contribution in [3.63, 3.8) is 0 Å². The first-order valence-corrected chi connectivity index (χ1v) is 11.6. The van der Waals surface area contributed by atoms with Gasteiger partial charge in [-0.2, -0.15) is 0 Å². The number of aryl methyl sites for hydroxylation is 1. The van der Waals surface area contributed by atoms with Gasteiger partial charge in [-0.1, -0.05) is 62.5 Å². The Morgan fingerprint density at radius 1 is 1.07 bits per heavy atom. The molecule has 2 aromatic rings. The van der Waals surface area contributed by atoms with Gasteiger partial charge in [-0.15, -0.1) is 0 Å². The fourth-order valence-corrected chi connectivity index (χ4v) is 4.43. The zero-order valence-electron chi connectivity index (χ0n) is 17.8. The van der Waals surface area contributed by atoms with Gasteiger partial charge < -0.3 is 9.47 Å². The number of halogens is 2. The zero-order valence-corrected chi connectivity index (χ0v) is 19.3. The first kappa shape index (κ1) is 22.5. The summed E-state index contributed by atoms with van der Waals surface area (Å²) < 4.78 is 11.9. The smallest absolute Gasteiger partial charge is 0.199 e. The summed E-state index contributed by atoms with van der Waals surface area (Å²) in [5, 5.41) is 1.51. The predicted octanol–water partition coefficient (Wildman–Crippen LogP) is 7.96. The molecule has 1 atom stereocenters. The number of unbranched alkanes of at least 4 members (excludes halogenated alkanes) is 1. The molecule has 29 heavy (non-hydrogen) atoms. The van der Waals surface area contributed by atoms with Crippen LogP contribution in [-0.2, 0) is 17.6 Å². The van der Waals surface area contributed by atoms with Crippen LogP contribution < -0.4 is 4.74 Å².